The van der Waals surface area contributed by atoms with Crippen LogP contribution in [0.5, 0.6) is 5.88 Å². The minimum Gasteiger partial charge on any atom is -0.474 e. The summed E-state index contributed by atoms with van der Waals surface area (Å²) in [6, 6.07) is 6.62. The SMILES string of the molecule is COCCOc1n[nH]c2ncc(C(=O)NC3CN(C)CC3c3ccccc3C(F)(F)F)cc12. The van der Waals surface area contributed by atoms with E-state index in [0.29, 0.717) is 36.6 Å². The van der Waals surface area contributed by atoms with E-state index in [4.69, 9.17) is 9.47 Å². The van der Waals surface area contributed by atoms with Crippen molar-refractivity contribution in [3.05, 3.63) is 53.2 Å². The highest BCUT2D eigenvalue weighted by molar-refractivity contribution is 5.98. The van der Waals surface area contributed by atoms with Gasteiger partial charge in [-0.3, -0.25) is 9.89 Å². The van der Waals surface area contributed by atoms with Gasteiger partial charge in [-0.1, -0.05) is 18.2 Å². The number of ether oxygens (including phenoxy) is 2. The van der Waals surface area contributed by atoms with Crippen LogP contribution >= 0.6 is 0 Å². The molecule has 1 aliphatic heterocycles. The van der Waals surface area contributed by atoms with Gasteiger partial charge in [0.05, 0.1) is 23.1 Å². The molecule has 1 aliphatic rings. The molecule has 1 aromatic carbocycles. The first-order valence-electron chi connectivity index (χ1n) is 10.4. The van der Waals surface area contributed by atoms with Crippen LogP contribution in [0.4, 0.5) is 13.2 Å². The third-order valence-corrected chi connectivity index (χ3v) is 5.65. The molecule has 0 radical (unpaired) electrons. The van der Waals surface area contributed by atoms with Crippen LogP contribution in [0.1, 0.15) is 27.4 Å². The zero-order valence-corrected chi connectivity index (χ0v) is 18.1. The predicted octanol–water partition coefficient (Wildman–Crippen LogP) is 2.83. The zero-order valence-electron chi connectivity index (χ0n) is 18.1. The summed E-state index contributed by atoms with van der Waals surface area (Å²) in [6.45, 7) is 1.48. The Kier molecular flexibility index (Phi) is 6.52. The molecule has 3 aromatic rings. The number of aromatic amines is 1. The van der Waals surface area contributed by atoms with E-state index in [9.17, 15) is 18.0 Å². The van der Waals surface area contributed by atoms with Crippen LogP contribution in [0.15, 0.2) is 36.5 Å². The Morgan fingerprint density at radius 1 is 1.27 bits per heavy atom. The van der Waals surface area contributed by atoms with E-state index in [0.717, 1.165) is 6.07 Å². The van der Waals surface area contributed by atoms with Gasteiger partial charge < -0.3 is 19.7 Å². The molecule has 11 heteroatoms. The molecule has 2 unspecified atom stereocenters. The van der Waals surface area contributed by atoms with E-state index in [-0.39, 0.29) is 17.7 Å². The van der Waals surface area contributed by atoms with Crippen molar-refractivity contribution in [2.75, 3.05) is 40.5 Å². The lowest BCUT2D eigenvalue weighted by atomic mass is 9.90. The standard InChI is InChI=1S/C22H24F3N5O3/c1-30-11-16(14-5-3-4-6-17(14)22(23,24)25)18(12-30)27-20(31)13-9-15-19(26-10-13)28-29-21(15)33-8-7-32-2/h3-6,9-10,16,18H,7-8,11-12H2,1-2H3,(H,27,31)(H,26,28,29). The number of benzene rings is 1. The summed E-state index contributed by atoms with van der Waals surface area (Å²) in [5.41, 5.74) is 0.218. The Morgan fingerprint density at radius 3 is 2.82 bits per heavy atom. The van der Waals surface area contributed by atoms with E-state index in [1.165, 1.54) is 18.3 Å². The molecule has 4 rings (SSSR count). The van der Waals surface area contributed by atoms with Gasteiger partial charge in [0, 0.05) is 38.4 Å². The number of hydrogen-bond acceptors (Lipinski definition) is 6. The number of nitrogens with zero attached hydrogens (tertiary/aromatic N) is 3. The number of aromatic nitrogens is 3. The highest BCUT2D eigenvalue weighted by Crippen LogP contribution is 2.38. The lowest BCUT2D eigenvalue weighted by Gasteiger charge is -2.23. The number of carbonyl (C=O) groups excluding carboxylic acids is 1. The molecule has 2 atom stereocenters. The Morgan fingerprint density at radius 2 is 2.06 bits per heavy atom. The summed E-state index contributed by atoms with van der Waals surface area (Å²) in [5, 5.41) is 10.2. The van der Waals surface area contributed by atoms with Crippen LogP contribution in [0.25, 0.3) is 11.0 Å². The number of likely N-dealkylation sites (tertiary alicyclic amines) is 1. The van der Waals surface area contributed by atoms with Crippen molar-refractivity contribution < 1.29 is 27.4 Å². The van der Waals surface area contributed by atoms with Gasteiger partial charge in [-0.05, 0) is 24.7 Å². The molecule has 176 valence electrons. The fraction of sp³-hybridized carbons (Fsp3) is 0.409. The summed E-state index contributed by atoms with van der Waals surface area (Å²) in [4.78, 5) is 19.1. The summed E-state index contributed by atoms with van der Waals surface area (Å²) in [5.74, 6) is -0.639. The molecule has 3 heterocycles. The van der Waals surface area contributed by atoms with Gasteiger partial charge in [0.2, 0.25) is 5.88 Å². The van der Waals surface area contributed by atoms with Gasteiger partial charge in [0.15, 0.2) is 5.65 Å². The lowest BCUT2D eigenvalue weighted by Crippen LogP contribution is -2.40. The minimum atomic E-state index is -4.47. The number of hydrogen-bond donors (Lipinski definition) is 2. The number of fused-ring (bicyclic) bond motifs is 1. The molecular weight excluding hydrogens is 439 g/mol. The molecule has 33 heavy (non-hydrogen) atoms. The topological polar surface area (TPSA) is 92.4 Å². The molecule has 2 N–H and O–H groups in total. The summed E-state index contributed by atoms with van der Waals surface area (Å²) in [7, 11) is 3.37. The maximum atomic E-state index is 13.6. The normalized spacial score (nSPS) is 19.2. The third-order valence-electron chi connectivity index (χ3n) is 5.65. The Bertz CT molecular complexity index is 1130. The van der Waals surface area contributed by atoms with Crippen LogP contribution in [0, 0.1) is 0 Å². The van der Waals surface area contributed by atoms with Crippen LogP contribution in [0.3, 0.4) is 0 Å². The number of pyridine rings is 1. The second-order valence-electron chi connectivity index (χ2n) is 7.98. The van der Waals surface area contributed by atoms with Crippen LogP contribution < -0.4 is 10.1 Å². The first kappa shape index (κ1) is 23.0. The molecule has 8 nitrogen and oxygen atoms in total. The second-order valence-corrected chi connectivity index (χ2v) is 7.98. The minimum absolute atomic E-state index is 0.178. The number of H-pyrrole nitrogens is 1. The largest absolute Gasteiger partial charge is 0.474 e. The second kappa shape index (κ2) is 9.36. The molecular formula is C22H24F3N5O3. The molecule has 1 fully saturated rings. The number of carbonyl (C=O) groups is 1. The van der Waals surface area contributed by atoms with Crippen LogP contribution in [-0.2, 0) is 10.9 Å². The van der Waals surface area contributed by atoms with Crippen molar-refractivity contribution >= 4 is 16.9 Å². The maximum Gasteiger partial charge on any atom is 0.416 e. The number of alkyl halides is 3. The van der Waals surface area contributed by atoms with Crippen molar-refractivity contribution in [3.8, 4) is 5.88 Å². The van der Waals surface area contributed by atoms with Crippen molar-refractivity contribution in [2.45, 2.75) is 18.1 Å². The highest BCUT2D eigenvalue weighted by Gasteiger charge is 2.40. The molecule has 1 amide bonds. The average Bonchev–Trinajstić information content (AvgIpc) is 3.35. The quantitative estimate of drug-likeness (QED) is 0.524. The number of rotatable bonds is 7. The molecule has 0 aliphatic carbocycles. The van der Waals surface area contributed by atoms with Crippen molar-refractivity contribution in [1.29, 1.82) is 0 Å². The van der Waals surface area contributed by atoms with Gasteiger partial charge in [-0.15, -0.1) is 5.10 Å². The number of amides is 1. The van der Waals surface area contributed by atoms with Gasteiger partial charge in [-0.25, -0.2) is 4.98 Å². The third kappa shape index (κ3) is 4.93. The van der Waals surface area contributed by atoms with E-state index in [2.05, 4.69) is 20.5 Å². The smallest absolute Gasteiger partial charge is 0.416 e. The first-order chi connectivity index (χ1) is 15.8. The Balaban J connectivity index is 1.56. The number of likely N-dealkylation sites (N-methyl/N-ethyl adjacent to an activating group) is 1. The summed E-state index contributed by atoms with van der Waals surface area (Å²) < 4.78 is 51.3. The number of halogens is 3. The first-order valence-corrected chi connectivity index (χ1v) is 10.4. The fourth-order valence-corrected chi connectivity index (χ4v) is 4.13. The van der Waals surface area contributed by atoms with Crippen LogP contribution in [-0.4, -0.2) is 72.5 Å². The number of nitrogens with one attached hydrogen (secondary N) is 2. The van der Waals surface area contributed by atoms with Crippen molar-refractivity contribution in [1.82, 2.24) is 25.4 Å². The van der Waals surface area contributed by atoms with E-state index in [1.54, 1.807) is 19.2 Å². The summed E-state index contributed by atoms with van der Waals surface area (Å²) >= 11 is 0. The molecule has 1 saturated heterocycles. The molecule has 2 aromatic heterocycles. The van der Waals surface area contributed by atoms with Crippen LogP contribution in [0.2, 0.25) is 0 Å². The highest BCUT2D eigenvalue weighted by atomic mass is 19.4. The molecule has 0 saturated carbocycles. The van der Waals surface area contributed by atoms with Gasteiger partial charge >= 0.3 is 6.18 Å². The van der Waals surface area contributed by atoms with Crippen molar-refractivity contribution in [3.63, 3.8) is 0 Å². The predicted molar refractivity (Wildman–Crippen MR) is 114 cm³/mol. The fourth-order valence-electron chi connectivity index (χ4n) is 4.13. The van der Waals surface area contributed by atoms with Gasteiger partial charge in [-0.2, -0.15) is 13.2 Å². The molecule has 0 bridgehead atoms. The lowest BCUT2D eigenvalue weighted by molar-refractivity contribution is -0.138. The monoisotopic (exact) mass is 463 g/mol. The van der Waals surface area contributed by atoms with E-state index in [1.807, 2.05) is 11.9 Å². The zero-order chi connectivity index (χ0) is 23.6. The molecule has 0 spiro atoms. The van der Waals surface area contributed by atoms with Gasteiger partial charge in [0.25, 0.3) is 5.91 Å². The number of methoxy groups -OCH3 is 1. The maximum absolute atomic E-state index is 13.6. The average molecular weight is 463 g/mol. The van der Waals surface area contributed by atoms with Crippen molar-refractivity contribution in [2.24, 2.45) is 0 Å². The summed E-state index contributed by atoms with van der Waals surface area (Å²) in [6.07, 6.45) is -3.08. The van der Waals surface area contributed by atoms with E-state index < -0.39 is 29.6 Å². The van der Waals surface area contributed by atoms with Gasteiger partial charge in [0.1, 0.15) is 6.61 Å². The Hall–Kier alpha value is -3.18. The Labute approximate surface area is 188 Å². The van der Waals surface area contributed by atoms with E-state index >= 15 is 0 Å².